The summed E-state index contributed by atoms with van der Waals surface area (Å²) >= 11 is 0. The molecule has 0 heterocycles. The lowest BCUT2D eigenvalue weighted by Gasteiger charge is -2.13. The van der Waals surface area contributed by atoms with E-state index in [0.29, 0.717) is 24.1 Å². The van der Waals surface area contributed by atoms with Gasteiger partial charge in [0.25, 0.3) is 5.91 Å². The van der Waals surface area contributed by atoms with Crippen LogP contribution in [0.5, 0.6) is 0 Å². The molecule has 0 aromatic heterocycles. The Hall–Kier alpha value is -1.89. The molecule has 0 saturated heterocycles. The second-order valence-corrected chi connectivity index (χ2v) is 9.20. The van der Waals surface area contributed by atoms with Crippen molar-refractivity contribution in [1.29, 1.82) is 0 Å². The first-order valence-electron chi connectivity index (χ1n) is 8.62. The smallest absolute Gasteiger partial charge is 0.251 e. The molecule has 0 bridgehead atoms. The second-order valence-electron chi connectivity index (χ2n) is 6.92. The number of benzene rings is 1. The van der Waals surface area contributed by atoms with E-state index in [2.05, 4.69) is 10.6 Å². The normalized spacial score (nSPS) is 15.4. The molecule has 2 N–H and O–H groups in total. The molecule has 25 heavy (non-hydrogen) atoms. The molecule has 138 valence electrons. The van der Waals surface area contributed by atoms with Gasteiger partial charge in [-0.2, -0.15) is 0 Å². The van der Waals surface area contributed by atoms with E-state index in [1.165, 1.54) is 0 Å². The van der Waals surface area contributed by atoms with Crippen LogP contribution >= 0.6 is 0 Å². The zero-order valence-electron chi connectivity index (χ0n) is 15.0. The number of nitrogens with one attached hydrogen (secondary N) is 2. The molecule has 1 aliphatic carbocycles. The van der Waals surface area contributed by atoms with Crippen molar-refractivity contribution in [3.63, 3.8) is 0 Å². The number of amides is 2. The lowest BCUT2D eigenvalue weighted by molar-refractivity contribution is -0.113. The number of rotatable bonds is 6. The van der Waals surface area contributed by atoms with Gasteiger partial charge in [0.15, 0.2) is 9.84 Å². The van der Waals surface area contributed by atoms with E-state index in [4.69, 9.17) is 0 Å². The molecule has 0 aliphatic heterocycles. The van der Waals surface area contributed by atoms with Gasteiger partial charge in [0.2, 0.25) is 5.91 Å². The van der Waals surface area contributed by atoms with Crippen LogP contribution < -0.4 is 10.6 Å². The minimum absolute atomic E-state index is 0.00158. The summed E-state index contributed by atoms with van der Waals surface area (Å²) in [5.41, 5.74) is 1.67. The van der Waals surface area contributed by atoms with Crippen molar-refractivity contribution in [2.75, 3.05) is 11.1 Å². The lowest BCUT2D eigenvalue weighted by atomic mass is 10.1. The van der Waals surface area contributed by atoms with Crippen LogP contribution in [0.1, 0.15) is 55.5 Å². The summed E-state index contributed by atoms with van der Waals surface area (Å²) in [5.74, 6) is -1.30. The van der Waals surface area contributed by atoms with Crippen LogP contribution in [0.15, 0.2) is 18.2 Å². The van der Waals surface area contributed by atoms with Crippen LogP contribution in [0.4, 0.5) is 5.69 Å². The van der Waals surface area contributed by atoms with E-state index in [1.54, 1.807) is 18.2 Å². The first-order chi connectivity index (χ1) is 11.7. The van der Waals surface area contributed by atoms with Crippen molar-refractivity contribution < 1.29 is 18.0 Å². The molecule has 0 unspecified atom stereocenters. The lowest BCUT2D eigenvalue weighted by Crippen LogP contribution is -2.31. The average molecular weight is 366 g/mol. The molecule has 0 spiro atoms. The van der Waals surface area contributed by atoms with Crippen LogP contribution in [0.25, 0.3) is 0 Å². The van der Waals surface area contributed by atoms with Crippen LogP contribution in [-0.4, -0.2) is 37.3 Å². The average Bonchev–Trinajstić information content (AvgIpc) is 3.03. The standard InChI is InChI=1S/C18H26N2O4S/c1-12(2)19-18(22)16-10-14(9-8-13(16)3)20-17(21)11-25(23,24)15-6-4-5-7-15/h8-10,12,15H,4-7,11H2,1-3H3,(H,19,22)(H,20,21). The Bertz CT molecular complexity index is 750. The Labute approximate surface area is 149 Å². The Morgan fingerprint density at radius 2 is 1.84 bits per heavy atom. The number of hydrogen-bond donors (Lipinski definition) is 2. The molecule has 1 saturated carbocycles. The number of anilines is 1. The van der Waals surface area contributed by atoms with Crippen LogP contribution in [0.2, 0.25) is 0 Å². The Morgan fingerprint density at radius 3 is 2.44 bits per heavy atom. The van der Waals surface area contributed by atoms with Gasteiger partial charge in [-0.25, -0.2) is 8.42 Å². The van der Waals surface area contributed by atoms with E-state index in [1.807, 2.05) is 20.8 Å². The van der Waals surface area contributed by atoms with Gasteiger partial charge < -0.3 is 10.6 Å². The fourth-order valence-corrected chi connectivity index (χ4v) is 4.75. The summed E-state index contributed by atoms with van der Waals surface area (Å²) in [4.78, 5) is 24.3. The van der Waals surface area contributed by atoms with E-state index in [9.17, 15) is 18.0 Å². The van der Waals surface area contributed by atoms with Gasteiger partial charge in [0.05, 0.1) is 5.25 Å². The van der Waals surface area contributed by atoms with Crippen molar-refractivity contribution >= 4 is 27.3 Å². The molecule has 0 radical (unpaired) electrons. The largest absolute Gasteiger partial charge is 0.350 e. The molecule has 7 heteroatoms. The number of carbonyl (C=O) groups excluding carboxylic acids is 2. The maximum Gasteiger partial charge on any atom is 0.251 e. The van der Waals surface area contributed by atoms with Gasteiger partial charge in [-0.3, -0.25) is 9.59 Å². The van der Waals surface area contributed by atoms with Crippen LogP contribution in [-0.2, 0) is 14.6 Å². The summed E-state index contributed by atoms with van der Waals surface area (Å²) in [5, 5.41) is 5.01. The third-order valence-electron chi connectivity index (χ3n) is 4.33. The topological polar surface area (TPSA) is 92.3 Å². The van der Waals surface area contributed by atoms with Crippen molar-refractivity contribution in [1.82, 2.24) is 5.32 Å². The molecule has 0 atom stereocenters. The predicted molar refractivity (Wildman–Crippen MR) is 98.5 cm³/mol. The molecule has 1 fully saturated rings. The summed E-state index contributed by atoms with van der Waals surface area (Å²) in [6, 6.07) is 4.98. The SMILES string of the molecule is Cc1ccc(NC(=O)CS(=O)(=O)C2CCCC2)cc1C(=O)NC(C)C. The van der Waals surface area contributed by atoms with Crippen molar-refractivity contribution in [3.8, 4) is 0 Å². The molecule has 2 rings (SSSR count). The quantitative estimate of drug-likeness (QED) is 0.809. The zero-order chi connectivity index (χ0) is 18.6. The van der Waals surface area contributed by atoms with Gasteiger partial charge >= 0.3 is 0 Å². The van der Waals surface area contributed by atoms with Crippen molar-refractivity contribution in [2.45, 2.75) is 57.7 Å². The monoisotopic (exact) mass is 366 g/mol. The number of aryl methyl sites for hydroxylation is 1. The van der Waals surface area contributed by atoms with Gasteiger partial charge in [0.1, 0.15) is 5.75 Å². The Balaban J connectivity index is 2.07. The molecule has 1 aliphatic rings. The number of hydrogen-bond acceptors (Lipinski definition) is 4. The molecule has 2 amide bonds. The number of carbonyl (C=O) groups is 2. The summed E-state index contributed by atoms with van der Waals surface area (Å²) in [6.45, 7) is 5.55. The van der Waals surface area contributed by atoms with E-state index in [0.717, 1.165) is 18.4 Å². The zero-order valence-corrected chi connectivity index (χ0v) is 15.8. The minimum atomic E-state index is -3.42. The predicted octanol–water partition coefficient (Wildman–Crippen LogP) is 2.43. The van der Waals surface area contributed by atoms with Crippen molar-refractivity contribution in [2.24, 2.45) is 0 Å². The molecular weight excluding hydrogens is 340 g/mol. The molecule has 1 aromatic carbocycles. The maximum atomic E-state index is 12.3. The molecular formula is C18H26N2O4S. The fraction of sp³-hybridized carbons (Fsp3) is 0.556. The molecule has 1 aromatic rings. The highest BCUT2D eigenvalue weighted by Gasteiger charge is 2.30. The number of sulfone groups is 1. The van der Waals surface area contributed by atoms with E-state index >= 15 is 0 Å². The highest BCUT2D eigenvalue weighted by molar-refractivity contribution is 7.92. The third kappa shape index (κ3) is 5.29. The fourth-order valence-electron chi connectivity index (χ4n) is 3.03. The van der Waals surface area contributed by atoms with Gasteiger partial charge in [0, 0.05) is 17.3 Å². The van der Waals surface area contributed by atoms with Crippen LogP contribution in [0.3, 0.4) is 0 Å². The first-order valence-corrected chi connectivity index (χ1v) is 10.3. The van der Waals surface area contributed by atoms with E-state index < -0.39 is 26.7 Å². The van der Waals surface area contributed by atoms with E-state index in [-0.39, 0.29) is 11.9 Å². The minimum Gasteiger partial charge on any atom is -0.350 e. The molecule has 6 nitrogen and oxygen atoms in total. The van der Waals surface area contributed by atoms with Gasteiger partial charge in [-0.15, -0.1) is 0 Å². The van der Waals surface area contributed by atoms with Crippen molar-refractivity contribution in [3.05, 3.63) is 29.3 Å². The van der Waals surface area contributed by atoms with Gasteiger partial charge in [-0.05, 0) is 51.3 Å². The van der Waals surface area contributed by atoms with Crippen LogP contribution in [0, 0.1) is 6.92 Å². The summed E-state index contributed by atoms with van der Waals surface area (Å²) in [6.07, 6.45) is 3.08. The highest BCUT2D eigenvalue weighted by atomic mass is 32.2. The van der Waals surface area contributed by atoms with Gasteiger partial charge in [-0.1, -0.05) is 18.9 Å². The Kier molecular flexibility index (Phi) is 6.21. The first kappa shape index (κ1) is 19.4. The Morgan fingerprint density at radius 1 is 1.20 bits per heavy atom. The summed E-state index contributed by atoms with van der Waals surface area (Å²) < 4.78 is 24.5. The highest BCUT2D eigenvalue weighted by Crippen LogP contribution is 2.25. The third-order valence-corrected chi connectivity index (χ3v) is 6.48. The maximum absolute atomic E-state index is 12.3. The second kappa shape index (κ2) is 7.99. The summed E-state index contributed by atoms with van der Waals surface area (Å²) in [7, 11) is -3.42.